The van der Waals surface area contributed by atoms with Crippen molar-refractivity contribution in [3.8, 4) is 17.3 Å². The standard InChI is InChI=1S/C29H17N5O/c1-2-9-22-19(7-1)20-8-5-12-25-27(20)34(22)24-11-4-3-10-23(24)33(25)18-14-15-21(31-17-18)29-32-28-26(35-29)13-6-16-30-28/h1-17H. The maximum absolute atomic E-state index is 5.87. The third kappa shape index (κ3) is 2.50. The Balaban J connectivity index is 1.34. The van der Waals surface area contributed by atoms with Crippen molar-refractivity contribution in [2.45, 2.75) is 0 Å². The van der Waals surface area contributed by atoms with E-state index < -0.39 is 0 Å². The normalized spacial score (nSPS) is 12.5. The fraction of sp³-hybridized carbons (Fsp3) is 0. The third-order valence-corrected chi connectivity index (χ3v) is 6.67. The van der Waals surface area contributed by atoms with Crippen LogP contribution in [0.3, 0.4) is 0 Å². The van der Waals surface area contributed by atoms with Gasteiger partial charge in [0, 0.05) is 17.0 Å². The summed E-state index contributed by atoms with van der Waals surface area (Å²) < 4.78 is 8.24. The molecule has 0 bridgehead atoms. The number of pyridine rings is 2. The van der Waals surface area contributed by atoms with E-state index in [0.717, 1.165) is 22.7 Å². The minimum atomic E-state index is 0.464. The van der Waals surface area contributed by atoms with Crippen LogP contribution < -0.4 is 4.90 Å². The fourth-order valence-electron chi connectivity index (χ4n) is 5.20. The lowest BCUT2D eigenvalue weighted by atomic mass is 10.1. The van der Waals surface area contributed by atoms with Crippen LogP contribution in [0.2, 0.25) is 0 Å². The molecule has 0 unspecified atom stereocenters. The fourth-order valence-corrected chi connectivity index (χ4v) is 5.20. The summed E-state index contributed by atoms with van der Waals surface area (Å²) in [6.07, 6.45) is 3.59. The van der Waals surface area contributed by atoms with Crippen molar-refractivity contribution in [1.82, 2.24) is 19.5 Å². The van der Waals surface area contributed by atoms with E-state index in [9.17, 15) is 0 Å². The highest BCUT2D eigenvalue weighted by Gasteiger charge is 2.28. The lowest BCUT2D eigenvalue weighted by Crippen LogP contribution is -2.18. The minimum Gasteiger partial charge on any atom is -0.433 e. The van der Waals surface area contributed by atoms with E-state index in [0.29, 0.717) is 22.8 Å². The van der Waals surface area contributed by atoms with Gasteiger partial charge in [-0.05, 0) is 48.5 Å². The van der Waals surface area contributed by atoms with Gasteiger partial charge in [0.25, 0.3) is 0 Å². The number of fused-ring (bicyclic) bond motifs is 6. The van der Waals surface area contributed by atoms with E-state index in [1.165, 1.54) is 21.8 Å². The second-order valence-electron chi connectivity index (χ2n) is 8.60. The maximum Gasteiger partial charge on any atom is 0.247 e. The molecule has 0 N–H and O–H groups in total. The van der Waals surface area contributed by atoms with Gasteiger partial charge >= 0.3 is 0 Å². The molecule has 0 amide bonds. The predicted octanol–water partition coefficient (Wildman–Crippen LogP) is 7.17. The number of hydrogen-bond donors (Lipinski definition) is 0. The Hall–Kier alpha value is -4.97. The first-order valence-electron chi connectivity index (χ1n) is 11.5. The van der Waals surface area contributed by atoms with Crippen LogP contribution >= 0.6 is 0 Å². The molecule has 0 radical (unpaired) electrons. The van der Waals surface area contributed by atoms with Gasteiger partial charge in [-0.15, -0.1) is 0 Å². The molecule has 6 heteroatoms. The van der Waals surface area contributed by atoms with Crippen molar-refractivity contribution in [2.24, 2.45) is 0 Å². The Morgan fingerprint density at radius 1 is 0.657 bits per heavy atom. The summed E-state index contributed by atoms with van der Waals surface area (Å²) in [4.78, 5) is 15.8. The molecule has 3 aromatic carbocycles. The third-order valence-electron chi connectivity index (χ3n) is 6.67. The number of hydrogen-bond acceptors (Lipinski definition) is 5. The largest absolute Gasteiger partial charge is 0.433 e. The lowest BCUT2D eigenvalue weighted by Gasteiger charge is -2.32. The van der Waals surface area contributed by atoms with E-state index >= 15 is 0 Å². The second kappa shape index (κ2) is 6.77. The van der Waals surface area contributed by atoms with Gasteiger partial charge in [0.05, 0.1) is 40.0 Å². The molecule has 0 spiro atoms. The van der Waals surface area contributed by atoms with E-state index in [2.05, 4.69) is 92.2 Å². The average Bonchev–Trinajstić information content (AvgIpc) is 3.50. The van der Waals surface area contributed by atoms with Crippen molar-refractivity contribution in [1.29, 1.82) is 0 Å². The average molecular weight is 451 g/mol. The molecule has 0 fully saturated rings. The van der Waals surface area contributed by atoms with E-state index in [4.69, 9.17) is 9.40 Å². The molecule has 0 atom stereocenters. The molecule has 8 rings (SSSR count). The van der Waals surface area contributed by atoms with Gasteiger partial charge in [0.15, 0.2) is 11.2 Å². The first-order chi connectivity index (χ1) is 17.4. The molecule has 7 aromatic rings. The number of anilines is 3. The van der Waals surface area contributed by atoms with E-state index in [1.54, 1.807) is 6.20 Å². The molecule has 35 heavy (non-hydrogen) atoms. The molecule has 0 saturated carbocycles. The van der Waals surface area contributed by atoms with Gasteiger partial charge < -0.3 is 13.9 Å². The smallest absolute Gasteiger partial charge is 0.247 e. The molecule has 0 saturated heterocycles. The van der Waals surface area contributed by atoms with Crippen LogP contribution in [0.4, 0.5) is 17.1 Å². The van der Waals surface area contributed by atoms with Crippen LogP contribution in [-0.2, 0) is 0 Å². The SMILES string of the molecule is c1ccc2c(c1)N(c1ccc(-c3nc4ncccc4o3)nc1)c1cccc3c4ccccc4n-2c13. The Morgan fingerprint density at radius 2 is 1.49 bits per heavy atom. The van der Waals surface area contributed by atoms with Crippen LogP contribution in [0.25, 0.3) is 50.3 Å². The van der Waals surface area contributed by atoms with Gasteiger partial charge in [0.2, 0.25) is 5.89 Å². The Labute approximate surface area is 199 Å². The lowest BCUT2D eigenvalue weighted by molar-refractivity contribution is 0.616. The number of benzene rings is 3. The molecule has 6 nitrogen and oxygen atoms in total. The van der Waals surface area contributed by atoms with Gasteiger partial charge in [-0.2, -0.15) is 4.98 Å². The zero-order valence-electron chi connectivity index (χ0n) is 18.5. The zero-order chi connectivity index (χ0) is 22.9. The number of nitrogens with zero attached hydrogens (tertiary/aromatic N) is 5. The van der Waals surface area contributed by atoms with E-state index in [-0.39, 0.29) is 0 Å². The maximum atomic E-state index is 5.87. The molecule has 1 aliphatic heterocycles. The van der Waals surface area contributed by atoms with Crippen molar-refractivity contribution in [2.75, 3.05) is 4.90 Å². The summed E-state index contributed by atoms with van der Waals surface area (Å²) in [5.74, 6) is 0.464. The van der Waals surface area contributed by atoms with Gasteiger partial charge in [-0.3, -0.25) is 0 Å². The number of para-hydroxylation sites is 4. The number of oxazole rings is 1. The highest BCUT2D eigenvalue weighted by Crippen LogP contribution is 2.49. The Bertz CT molecular complexity index is 1880. The summed E-state index contributed by atoms with van der Waals surface area (Å²) in [7, 11) is 0. The van der Waals surface area contributed by atoms with E-state index in [1.807, 2.05) is 24.4 Å². The highest BCUT2D eigenvalue weighted by molar-refractivity contribution is 6.16. The summed E-state index contributed by atoms with van der Waals surface area (Å²) in [6.45, 7) is 0. The van der Waals surface area contributed by atoms with Gasteiger partial charge in [-0.25, -0.2) is 9.97 Å². The summed E-state index contributed by atoms with van der Waals surface area (Å²) in [6, 6.07) is 31.3. The second-order valence-corrected chi connectivity index (χ2v) is 8.60. The number of rotatable bonds is 2. The predicted molar refractivity (Wildman–Crippen MR) is 138 cm³/mol. The Morgan fingerprint density at radius 3 is 2.37 bits per heavy atom. The molecule has 0 aliphatic carbocycles. The molecule has 5 heterocycles. The molecular formula is C29H17N5O. The molecular weight excluding hydrogens is 434 g/mol. The molecule has 4 aromatic heterocycles. The van der Waals surface area contributed by atoms with Crippen LogP contribution in [-0.4, -0.2) is 19.5 Å². The van der Waals surface area contributed by atoms with Crippen molar-refractivity contribution in [3.05, 3.63) is 103 Å². The zero-order valence-corrected chi connectivity index (χ0v) is 18.5. The van der Waals surface area contributed by atoms with Crippen LogP contribution in [0, 0.1) is 0 Å². The number of aromatic nitrogens is 4. The Kier molecular flexibility index (Phi) is 3.57. The monoisotopic (exact) mass is 451 g/mol. The topological polar surface area (TPSA) is 60.0 Å². The summed E-state index contributed by atoms with van der Waals surface area (Å²) in [5, 5.41) is 2.49. The van der Waals surface area contributed by atoms with Crippen LogP contribution in [0.15, 0.2) is 108 Å². The van der Waals surface area contributed by atoms with Crippen molar-refractivity contribution >= 4 is 50.1 Å². The van der Waals surface area contributed by atoms with Crippen molar-refractivity contribution < 1.29 is 4.42 Å². The summed E-state index contributed by atoms with van der Waals surface area (Å²) in [5.41, 5.74) is 8.65. The summed E-state index contributed by atoms with van der Waals surface area (Å²) >= 11 is 0. The van der Waals surface area contributed by atoms with Crippen LogP contribution in [0.1, 0.15) is 0 Å². The highest BCUT2D eigenvalue weighted by atomic mass is 16.3. The first kappa shape index (κ1) is 18.5. The molecule has 1 aliphatic rings. The minimum absolute atomic E-state index is 0.464. The van der Waals surface area contributed by atoms with Crippen LogP contribution in [0.5, 0.6) is 0 Å². The quantitative estimate of drug-likeness (QED) is 0.279. The first-order valence-corrected chi connectivity index (χ1v) is 11.5. The van der Waals surface area contributed by atoms with Crippen molar-refractivity contribution in [3.63, 3.8) is 0 Å². The van der Waals surface area contributed by atoms with Gasteiger partial charge in [-0.1, -0.05) is 42.5 Å². The van der Waals surface area contributed by atoms with Gasteiger partial charge in [0.1, 0.15) is 5.69 Å². The molecule has 164 valence electrons.